The molecule has 1 heterocycles. The zero-order chi connectivity index (χ0) is 24.4. The van der Waals surface area contributed by atoms with Crippen LogP contribution in [0.2, 0.25) is 0 Å². The summed E-state index contributed by atoms with van der Waals surface area (Å²) in [4.78, 5) is 66.5. The first kappa shape index (κ1) is 26.6. The molecule has 178 valence electrons. The van der Waals surface area contributed by atoms with Crippen LogP contribution in [0.15, 0.2) is 12.5 Å². The number of aromatic amines is 1. The van der Waals surface area contributed by atoms with Crippen LogP contribution in [0.4, 0.5) is 0 Å². The molecule has 0 fully saturated rings. The minimum Gasteiger partial charge on any atom is -0.481 e. The zero-order valence-electron chi connectivity index (χ0n) is 18.1. The van der Waals surface area contributed by atoms with Crippen molar-refractivity contribution in [1.29, 1.82) is 0 Å². The number of carboxylic acids is 2. The Bertz CT molecular complexity index is 813. The average Bonchev–Trinajstić information content (AvgIpc) is 3.22. The molecule has 0 radical (unpaired) electrons. The van der Waals surface area contributed by atoms with Crippen molar-refractivity contribution in [1.82, 2.24) is 25.9 Å². The molecular formula is C19H30N6O7. The molecular weight excluding hydrogens is 424 g/mol. The summed E-state index contributed by atoms with van der Waals surface area (Å²) in [6.07, 6.45) is 2.69. The third kappa shape index (κ3) is 8.34. The number of carbonyl (C=O) groups is 5. The predicted molar refractivity (Wildman–Crippen MR) is 111 cm³/mol. The van der Waals surface area contributed by atoms with Crippen LogP contribution in [0.25, 0.3) is 0 Å². The largest absolute Gasteiger partial charge is 0.481 e. The molecule has 0 aliphatic carbocycles. The van der Waals surface area contributed by atoms with E-state index in [1.54, 1.807) is 13.8 Å². The number of nitrogens with zero attached hydrogens (tertiary/aromatic N) is 1. The molecule has 0 aliphatic rings. The van der Waals surface area contributed by atoms with Crippen LogP contribution in [-0.2, 0) is 30.4 Å². The molecule has 0 aliphatic heterocycles. The number of carboxylic acid groups (broad SMARTS) is 2. The van der Waals surface area contributed by atoms with Gasteiger partial charge in [0.2, 0.25) is 17.7 Å². The molecule has 1 aromatic rings. The zero-order valence-corrected chi connectivity index (χ0v) is 18.1. The van der Waals surface area contributed by atoms with Gasteiger partial charge in [0.05, 0.1) is 18.8 Å². The third-order valence-corrected chi connectivity index (χ3v) is 4.87. The minimum atomic E-state index is -1.50. The summed E-state index contributed by atoms with van der Waals surface area (Å²) in [5.41, 5.74) is 6.41. The first-order chi connectivity index (χ1) is 15.0. The van der Waals surface area contributed by atoms with E-state index >= 15 is 0 Å². The van der Waals surface area contributed by atoms with Gasteiger partial charge < -0.3 is 36.9 Å². The smallest absolute Gasteiger partial charge is 0.325 e. The average molecular weight is 454 g/mol. The number of imidazole rings is 1. The normalized spacial score (nSPS) is 15.5. The molecule has 3 amide bonds. The van der Waals surface area contributed by atoms with Gasteiger partial charge in [-0.1, -0.05) is 20.3 Å². The number of amides is 3. The summed E-state index contributed by atoms with van der Waals surface area (Å²) in [5, 5.41) is 25.1. The van der Waals surface area contributed by atoms with Crippen LogP contribution in [0.5, 0.6) is 0 Å². The highest BCUT2D eigenvalue weighted by atomic mass is 16.4. The number of H-pyrrole nitrogens is 1. The molecule has 0 saturated heterocycles. The first-order valence-electron chi connectivity index (χ1n) is 10.0. The van der Waals surface area contributed by atoms with E-state index in [0.717, 1.165) is 0 Å². The Hall–Kier alpha value is -3.48. The van der Waals surface area contributed by atoms with Crippen molar-refractivity contribution in [2.45, 2.75) is 64.2 Å². The van der Waals surface area contributed by atoms with Gasteiger partial charge in [-0.3, -0.25) is 24.0 Å². The fraction of sp³-hybridized carbons (Fsp3) is 0.579. The second-order valence-corrected chi connectivity index (χ2v) is 7.49. The molecule has 13 nitrogen and oxygen atoms in total. The monoisotopic (exact) mass is 454 g/mol. The molecule has 1 aromatic heterocycles. The molecule has 0 saturated carbocycles. The van der Waals surface area contributed by atoms with E-state index in [9.17, 15) is 24.0 Å². The molecule has 5 unspecified atom stereocenters. The number of nitrogens with one attached hydrogen (secondary N) is 4. The van der Waals surface area contributed by atoms with Gasteiger partial charge in [0, 0.05) is 18.3 Å². The van der Waals surface area contributed by atoms with Crippen molar-refractivity contribution in [3.8, 4) is 0 Å². The van der Waals surface area contributed by atoms with Gasteiger partial charge in [0.1, 0.15) is 18.1 Å². The Morgan fingerprint density at radius 3 is 2.22 bits per heavy atom. The summed E-state index contributed by atoms with van der Waals surface area (Å²) < 4.78 is 0. The first-order valence-corrected chi connectivity index (χ1v) is 10.0. The van der Waals surface area contributed by atoms with E-state index in [0.29, 0.717) is 12.1 Å². The molecule has 0 spiro atoms. The van der Waals surface area contributed by atoms with Crippen molar-refractivity contribution in [3.05, 3.63) is 18.2 Å². The third-order valence-electron chi connectivity index (χ3n) is 4.87. The van der Waals surface area contributed by atoms with E-state index in [-0.39, 0.29) is 6.42 Å². The standard InChI is InChI=1S/C19H30N6O7/c1-4-9(2)15(18(30)23-10(3)19(31)32)25-17(29)13(6-14(26)27)24-16(28)12(20)5-11-7-21-8-22-11/h7-10,12-13,15H,4-6,20H2,1-3H3,(H,21,22)(H,23,30)(H,24,28)(H,25,29)(H,26,27)(H,31,32). The lowest BCUT2D eigenvalue weighted by Gasteiger charge is -2.27. The molecule has 1 rings (SSSR count). The second-order valence-electron chi connectivity index (χ2n) is 7.49. The quantitative estimate of drug-likeness (QED) is 0.181. The van der Waals surface area contributed by atoms with Crippen molar-refractivity contribution in [2.24, 2.45) is 11.7 Å². The summed E-state index contributed by atoms with van der Waals surface area (Å²) in [6.45, 7) is 4.70. The van der Waals surface area contributed by atoms with Gasteiger partial charge in [0.25, 0.3) is 0 Å². The van der Waals surface area contributed by atoms with Crippen LogP contribution >= 0.6 is 0 Å². The number of carbonyl (C=O) groups excluding carboxylic acids is 3. The predicted octanol–water partition coefficient (Wildman–Crippen LogP) is -1.64. The van der Waals surface area contributed by atoms with Crippen LogP contribution in [-0.4, -0.2) is 74.0 Å². The van der Waals surface area contributed by atoms with Crippen LogP contribution < -0.4 is 21.7 Å². The van der Waals surface area contributed by atoms with Crippen molar-refractivity contribution < 1.29 is 34.2 Å². The fourth-order valence-corrected chi connectivity index (χ4v) is 2.71. The van der Waals surface area contributed by atoms with Crippen molar-refractivity contribution >= 4 is 29.7 Å². The molecule has 13 heteroatoms. The van der Waals surface area contributed by atoms with Crippen molar-refractivity contribution in [2.75, 3.05) is 0 Å². The maximum absolute atomic E-state index is 12.8. The Morgan fingerprint density at radius 1 is 1.06 bits per heavy atom. The SMILES string of the molecule is CCC(C)C(NC(=O)C(CC(=O)O)NC(=O)C(N)Cc1cnc[nH]1)C(=O)NC(C)C(=O)O. The van der Waals surface area contributed by atoms with E-state index in [4.69, 9.17) is 15.9 Å². The van der Waals surface area contributed by atoms with Crippen LogP contribution in [0.3, 0.4) is 0 Å². The summed E-state index contributed by atoms with van der Waals surface area (Å²) in [5.74, 6) is -5.41. The highest BCUT2D eigenvalue weighted by Gasteiger charge is 2.32. The van der Waals surface area contributed by atoms with Crippen LogP contribution in [0.1, 0.15) is 39.3 Å². The van der Waals surface area contributed by atoms with Gasteiger partial charge in [-0.25, -0.2) is 4.98 Å². The maximum Gasteiger partial charge on any atom is 0.325 e. The molecule has 8 N–H and O–H groups in total. The lowest BCUT2D eigenvalue weighted by atomic mass is 9.97. The number of hydrogen-bond donors (Lipinski definition) is 7. The van der Waals surface area contributed by atoms with E-state index in [2.05, 4.69) is 25.9 Å². The summed E-state index contributed by atoms with van der Waals surface area (Å²) in [7, 11) is 0. The lowest BCUT2D eigenvalue weighted by Crippen LogP contribution is -2.58. The molecule has 0 aromatic carbocycles. The van der Waals surface area contributed by atoms with Gasteiger partial charge in [-0.2, -0.15) is 0 Å². The van der Waals surface area contributed by atoms with E-state index in [1.807, 2.05) is 0 Å². The van der Waals surface area contributed by atoms with Crippen molar-refractivity contribution in [3.63, 3.8) is 0 Å². The Labute approximate surface area is 184 Å². The summed E-state index contributed by atoms with van der Waals surface area (Å²) in [6, 6.07) is -4.91. The number of nitrogens with two attached hydrogens (primary N) is 1. The maximum atomic E-state index is 12.8. The number of rotatable bonds is 13. The molecule has 0 bridgehead atoms. The fourth-order valence-electron chi connectivity index (χ4n) is 2.71. The van der Waals surface area contributed by atoms with E-state index < -0.39 is 66.2 Å². The lowest BCUT2D eigenvalue weighted by molar-refractivity contribution is -0.143. The number of aromatic nitrogens is 2. The van der Waals surface area contributed by atoms with Gasteiger partial charge in [0.15, 0.2) is 0 Å². The topological polar surface area (TPSA) is 217 Å². The summed E-state index contributed by atoms with van der Waals surface area (Å²) >= 11 is 0. The van der Waals surface area contributed by atoms with Gasteiger partial charge in [-0.15, -0.1) is 0 Å². The van der Waals surface area contributed by atoms with Crippen LogP contribution in [0, 0.1) is 5.92 Å². The van der Waals surface area contributed by atoms with E-state index in [1.165, 1.54) is 19.4 Å². The highest BCUT2D eigenvalue weighted by molar-refractivity contribution is 5.95. The second kappa shape index (κ2) is 12.4. The minimum absolute atomic E-state index is 0.0816. The van der Waals surface area contributed by atoms with Gasteiger partial charge >= 0.3 is 11.9 Å². The highest BCUT2D eigenvalue weighted by Crippen LogP contribution is 2.10. The molecule has 5 atom stereocenters. The number of hydrogen-bond acceptors (Lipinski definition) is 7. The Morgan fingerprint density at radius 2 is 1.72 bits per heavy atom. The molecule has 32 heavy (non-hydrogen) atoms. The number of aliphatic carboxylic acids is 2. The van der Waals surface area contributed by atoms with Gasteiger partial charge in [-0.05, 0) is 12.8 Å². The Kier molecular flexibility index (Phi) is 10.3. The Balaban J connectivity index is 2.92.